The summed E-state index contributed by atoms with van der Waals surface area (Å²) < 4.78 is 58.0. The molecule has 12 N–H and O–H groups in total. The van der Waals surface area contributed by atoms with E-state index in [-0.39, 0.29) is 12.8 Å². The molecule has 0 aromatic heterocycles. The van der Waals surface area contributed by atoms with Crippen molar-refractivity contribution in [3.05, 3.63) is 0 Å². The van der Waals surface area contributed by atoms with Gasteiger partial charge in [0.25, 0.3) is 0 Å². The zero-order chi connectivity index (χ0) is 56.8. The number of hydrogen-bond acceptors (Lipinski definition) is 22. The summed E-state index contributed by atoms with van der Waals surface area (Å²) >= 11 is 0. The Morgan fingerprint density at radius 3 is 1.14 bits per heavy atom. The van der Waals surface area contributed by atoms with Crippen LogP contribution in [0.4, 0.5) is 0 Å². The molecule has 24 heteroatoms. The zero-order valence-corrected chi connectivity index (χ0v) is 46.6. The van der Waals surface area contributed by atoms with Gasteiger partial charge >= 0.3 is 19.8 Å². The van der Waals surface area contributed by atoms with Gasteiger partial charge in [-0.15, -0.1) is 0 Å². The molecule has 1 aliphatic carbocycles. The van der Waals surface area contributed by atoms with Crippen LogP contribution in [0.15, 0.2) is 0 Å². The topological polar surface area (TPSA) is 368 Å². The molecule has 1 saturated carbocycles. The van der Waals surface area contributed by atoms with Crippen LogP contribution in [0.3, 0.4) is 0 Å². The van der Waals surface area contributed by atoms with Crippen LogP contribution in [0.1, 0.15) is 194 Å². The third-order valence-corrected chi connectivity index (χ3v) is 15.7. The number of hydrogen-bond donors (Lipinski definition) is 12. The van der Waals surface area contributed by atoms with Crippen molar-refractivity contribution in [1.82, 2.24) is 0 Å². The van der Waals surface area contributed by atoms with Crippen molar-refractivity contribution in [3.63, 3.8) is 0 Å². The van der Waals surface area contributed by atoms with Gasteiger partial charge in [0.2, 0.25) is 0 Å². The predicted octanol–water partition coefficient (Wildman–Crippen LogP) is 3.37. The van der Waals surface area contributed by atoms with Crippen LogP contribution >= 0.6 is 7.82 Å². The number of phosphoric acid groups is 1. The molecule has 2 heterocycles. The van der Waals surface area contributed by atoms with Crippen LogP contribution in [0.2, 0.25) is 0 Å². The number of unbranched alkanes of at least 4 members (excludes halogenated alkanes) is 24. The number of phosphoric ester groups is 1. The molecule has 77 heavy (non-hydrogen) atoms. The van der Waals surface area contributed by atoms with Gasteiger partial charge in [0.1, 0.15) is 92.1 Å². The number of carbonyl (C=O) groups is 2. The summed E-state index contributed by atoms with van der Waals surface area (Å²) in [6, 6.07) is 0. The number of ether oxygens (including phenoxy) is 6. The average Bonchev–Trinajstić information content (AvgIpc) is 3.43. The highest BCUT2D eigenvalue weighted by molar-refractivity contribution is 7.47. The fourth-order valence-corrected chi connectivity index (χ4v) is 10.8. The van der Waals surface area contributed by atoms with E-state index < -0.39 is 150 Å². The van der Waals surface area contributed by atoms with Crippen molar-refractivity contribution >= 4 is 19.8 Å². The Morgan fingerprint density at radius 1 is 0.442 bits per heavy atom. The minimum absolute atomic E-state index is 0.0252. The fraction of sp³-hybridized carbons (Fsp3) is 0.962. The molecule has 16 atom stereocenters. The highest BCUT2D eigenvalue weighted by Gasteiger charge is 2.58. The summed E-state index contributed by atoms with van der Waals surface area (Å²) in [6.07, 6.45) is -6.18. The molecule has 23 nitrogen and oxygen atoms in total. The Bertz CT molecular complexity index is 1550. The first kappa shape index (κ1) is 69.7. The van der Waals surface area contributed by atoms with Crippen molar-refractivity contribution in [2.75, 3.05) is 26.4 Å². The molecule has 0 bridgehead atoms. The number of rotatable bonds is 42. The average molecular weight is 1140 g/mol. The van der Waals surface area contributed by atoms with Gasteiger partial charge in [-0.3, -0.25) is 18.6 Å². The van der Waals surface area contributed by atoms with Crippen LogP contribution < -0.4 is 0 Å². The van der Waals surface area contributed by atoms with Gasteiger partial charge in [-0.25, -0.2) is 4.57 Å². The van der Waals surface area contributed by atoms with Crippen molar-refractivity contribution in [2.45, 2.75) is 298 Å². The first-order valence-corrected chi connectivity index (χ1v) is 30.4. The highest BCUT2D eigenvalue weighted by Crippen LogP contribution is 2.49. The van der Waals surface area contributed by atoms with E-state index in [4.69, 9.17) is 37.5 Å². The predicted molar refractivity (Wildman–Crippen MR) is 277 cm³/mol. The van der Waals surface area contributed by atoms with Gasteiger partial charge in [0.05, 0.1) is 19.8 Å². The van der Waals surface area contributed by atoms with Crippen LogP contribution in [0.5, 0.6) is 0 Å². The highest BCUT2D eigenvalue weighted by atomic mass is 31.2. The quantitative estimate of drug-likeness (QED) is 0.0237. The molecule has 16 unspecified atom stereocenters. The summed E-state index contributed by atoms with van der Waals surface area (Å²) in [5.74, 6) is -1.32. The maximum atomic E-state index is 14.0. The van der Waals surface area contributed by atoms with Gasteiger partial charge in [-0.2, -0.15) is 0 Å². The third-order valence-electron chi connectivity index (χ3n) is 14.7. The third kappa shape index (κ3) is 25.2. The lowest BCUT2D eigenvalue weighted by Gasteiger charge is -2.49. The maximum absolute atomic E-state index is 14.0. The molecule has 0 aromatic carbocycles. The molecule has 0 amide bonds. The maximum Gasteiger partial charge on any atom is 0.472 e. The van der Waals surface area contributed by atoms with Crippen molar-refractivity contribution in [3.8, 4) is 0 Å². The first-order chi connectivity index (χ1) is 36.9. The van der Waals surface area contributed by atoms with Gasteiger partial charge < -0.3 is 89.5 Å². The van der Waals surface area contributed by atoms with Gasteiger partial charge in [0.15, 0.2) is 18.7 Å². The van der Waals surface area contributed by atoms with Crippen LogP contribution in [0, 0.1) is 0 Å². The lowest BCUT2D eigenvalue weighted by Crippen LogP contribution is -2.69. The summed E-state index contributed by atoms with van der Waals surface area (Å²) in [5.41, 5.74) is 0. The molecule has 3 aliphatic rings. The van der Waals surface area contributed by atoms with Crippen LogP contribution in [0.25, 0.3) is 0 Å². The Kier molecular flexibility index (Phi) is 35.3. The second-order valence-corrected chi connectivity index (χ2v) is 22.6. The van der Waals surface area contributed by atoms with Gasteiger partial charge in [-0.05, 0) is 12.8 Å². The lowest BCUT2D eigenvalue weighted by molar-refractivity contribution is -0.360. The van der Waals surface area contributed by atoms with E-state index in [1.165, 1.54) is 96.3 Å². The summed E-state index contributed by atoms with van der Waals surface area (Å²) in [5, 5.41) is 116. The largest absolute Gasteiger partial charge is 0.472 e. The monoisotopic (exact) mass is 1130 g/mol. The van der Waals surface area contributed by atoms with E-state index in [1.807, 2.05) is 0 Å². The molecule has 3 rings (SSSR count). The van der Waals surface area contributed by atoms with E-state index in [0.29, 0.717) is 12.8 Å². The van der Waals surface area contributed by atoms with Gasteiger partial charge in [0, 0.05) is 12.8 Å². The first-order valence-electron chi connectivity index (χ1n) is 28.9. The molecule has 2 aliphatic heterocycles. The Labute approximate surface area is 455 Å². The minimum atomic E-state index is -5.63. The molecule has 0 spiro atoms. The number of aliphatic hydroxyl groups is 11. The van der Waals surface area contributed by atoms with Crippen molar-refractivity contribution < 1.29 is 113 Å². The number of esters is 2. The van der Waals surface area contributed by atoms with Crippen LogP contribution in [-0.2, 0) is 51.6 Å². The van der Waals surface area contributed by atoms with E-state index in [9.17, 15) is 75.2 Å². The zero-order valence-electron chi connectivity index (χ0n) is 45.7. The molecular formula is C53H99O23P. The van der Waals surface area contributed by atoms with Crippen molar-refractivity contribution in [1.29, 1.82) is 0 Å². The molecule has 3 fully saturated rings. The van der Waals surface area contributed by atoms with Crippen molar-refractivity contribution in [2.24, 2.45) is 0 Å². The fourth-order valence-electron chi connectivity index (χ4n) is 9.83. The van der Waals surface area contributed by atoms with E-state index >= 15 is 0 Å². The SMILES string of the molecule is CCCCCCCCCCCCCCCC(=O)OCC(COP(=O)(O)OC1C(OC2OC(CO)C(O)C(O)C2O)C(O)C(O)C(O)C1OC1OC(CO)C(O)C(O)C1O)OC(=O)CCCCCCCCCCCCCCC. The standard InChI is InChI=1S/C53H99O23P/c1-3-5-7-9-11-13-15-17-19-21-23-25-27-29-38(56)69-33-35(71-39(57)30-28-26-24-22-20-18-16-14-12-10-8-6-4-2)34-70-77(67,68)76-51-49(74-52-47(65)42(60)40(58)36(31-54)72-52)45(63)44(62)46(64)50(51)75-53-48(66)43(61)41(59)37(32-55)73-53/h35-37,40-55,58-66H,3-34H2,1-2H3,(H,67,68). The Morgan fingerprint density at radius 2 is 0.779 bits per heavy atom. The molecular weight excluding hydrogens is 1040 g/mol. The number of aliphatic hydroxyl groups excluding tert-OH is 11. The second-order valence-electron chi connectivity index (χ2n) is 21.2. The smallest absolute Gasteiger partial charge is 0.462 e. The van der Waals surface area contributed by atoms with E-state index in [1.54, 1.807) is 0 Å². The Balaban J connectivity index is 1.72. The number of carbonyl (C=O) groups excluding carboxylic acids is 2. The summed E-state index contributed by atoms with van der Waals surface area (Å²) in [4.78, 5) is 37.4. The van der Waals surface area contributed by atoms with E-state index in [0.717, 1.165) is 57.8 Å². The van der Waals surface area contributed by atoms with E-state index in [2.05, 4.69) is 13.8 Å². The molecule has 0 radical (unpaired) electrons. The molecule has 2 saturated heterocycles. The molecule has 454 valence electrons. The van der Waals surface area contributed by atoms with Crippen LogP contribution in [-0.4, -0.2) is 204 Å². The Hall–Kier alpha value is -1.55. The second kappa shape index (κ2) is 39.0. The minimum Gasteiger partial charge on any atom is -0.462 e. The molecule has 0 aromatic rings. The van der Waals surface area contributed by atoms with Gasteiger partial charge in [-0.1, -0.05) is 168 Å². The summed E-state index contributed by atoms with van der Waals surface area (Å²) in [7, 11) is -5.63. The normalized spacial score (nSPS) is 31.9. The lowest BCUT2D eigenvalue weighted by atomic mass is 9.84. The summed E-state index contributed by atoms with van der Waals surface area (Å²) in [6.45, 7) is 1.01.